The molecule has 0 spiro atoms. The molecule has 2 aliphatic heterocycles. The topological polar surface area (TPSA) is 83.6 Å². The summed E-state index contributed by atoms with van der Waals surface area (Å²) in [7, 11) is 0. The number of rotatable bonds is 5. The third kappa shape index (κ3) is 3.45. The minimum Gasteiger partial charge on any atom is -0.322 e. The summed E-state index contributed by atoms with van der Waals surface area (Å²) in [5.74, 6) is -0.805. The first kappa shape index (κ1) is 18.1. The molecule has 6 nitrogen and oxygen atoms in total. The largest absolute Gasteiger partial charge is 0.322 e. The number of Topliss-reactive ketones (excluding diaryl/α,β-unsaturated/α-hetero) is 1. The highest BCUT2D eigenvalue weighted by atomic mass is 16.2. The Kier molecular flexibility index (Phi) is 4.77. The van der Waals surface area contributed by atoms with E-state index in [9.17, 15) is 19.2 Å². The quantitative estimate of drug-likeness (QED) is 0.641. The number of ketones is 1. The van der Waals surface area contributed by atoms with Crippen LogP contribution in [-0.2, 0) is 22.6 Å². The number of aryl methyl sites for hydroxylation is 1. The van der Waals surface area contributed by atoms with Crippen LogP contribution >= 0.6 is 0 Å². The van der Waals surface area contributed by atoms with Crippen LogP contribution in [0.15, 0.2) is 48.5 Å². The predicted octanol–water partition coefficient (Wildman–Crippen LogP) is 2.26. The Morgan fingerprint density at radius 2 is 1.86 bits per heavy atom. The molecule has 4 rings (SSSR count). The second-order valence-electron chi connectivity index (χ2n) is 7.18. The van der Waals surface area contributed by atoms with Crippen LogP contribution in [0.5, 0.6) is 0 Å². The third-order valence-electron chi connectivity index (χ3n) is 5.32. The Bertz CT molecular complexity index is 968. The van der Waals surface area contributed by atoms with Gasteiger partial charge in [0.1, 0.15) is 6.04 Å². The molecule has 2 aromatic carbocycles. The first-order valence-electron chi connectivity index (χ1n) is 9.37. The number of carbonyl (C=O) groups excluding carboxylic acids is 4. The van der Waals surface area contributed by atoms with Crippen LogP contribution in [0.1, 0.15) is 51.1 Å². The molecule has 1 unspecified atom stereocenters. The van der Waals surface area contributed by atoms with E-state index >= 15 is 0 Å². The molecule has 1 atom stereocenters. The van der Waals surface area contributed by atoms with Crippen molar-refractivity contribution in [2.45, 2.75) is 38.3 Å². The van der Waals surface area contributed by atoms with Crippen molar-refractivity contribution in [2.24, 2.45) is 0 Å². The maximum Gasteiger partial charge on any atom is 0.255 e. The minimum absolute atomic E-state index is 0.0855. The van der Waals surface area contributed by atoms with Crippen LogP contribution in [0.3, 0.4) is 0 Å². The zero-order chi connectivity index (χ0) is 19.7. The molecular formula is C22H20N2O4. The number of carbonyl (C=O) groups is 4. The van der Waals surface area contributed by atoms with Gasteiger partial charge in [0, 0.05) is 30.5 Å². The molecule has 1 fully saturated rings. The lowest BCUT2D eigenvalue weighted by Crippen LogP contribution is -2.52. The molecule has 0 saturated carbocycles. The zero-order valence-electron chi connectivity index (χ0n) is 15.3. The van der Waals surface area contributed by atoms with Crippen LogP contribution in [0, 0.1) is 0 Å². The molecule has 2 aliphatic rings. The lowest BCUT2D eigenvalue weighted by molar-refractivity contribution is -0.136. The maximum atomic E-state index is 12.7. The fraction of sp³-hybridized carbons (Fsp3) is 0.273. The number of imide groups is 1. The first-order chi connectivity index (χ1) is 13.5. The normalized spacial score (nSPS) is 18.8. The molecule has 6 heteroatoms. The van der Waals surface area contributed by atoms with Gasteiger partial charge in [-0.25, -0.2) is 0 Å². The van der Waals surface area contributed by atoms with Crippen molar-refractivity contribution in [3.8, 4) is 0 Å². The van der Waals surface area contributed by atoms with E-state index in [4.69, 9.17) is 0 Å². The van der Waals surface area contributed by atoms with Crippen molar-refractivity contribution < 1.29 is 19.2 Å². The van der Waals surface area contributed by atoms with E-state index < -0.39 is 11.9 Å². The van der Waals surface area contributed by atoms with E-state index in [0.29, 0.717) is 36.9 Å². The van der Waals surface area contributed by atoms with Gasteiger partial charge in [-0.05, 0) is 30.0 Å². The van der Waals surface area contributed by atoms with Crippen molar-refractivity contribution in [1.82, 2.24) is 10.2 Å². The summed E-state index contributed by atoms with van der Waals surface area (Å²) in [5, 5.41) is 2.30. The van der Waals surface area contributed by atoms with Crippen LogP contribution in [0.2, 0.25) is 0 Å². The van der Waals surface area contributed by atoms with Crippen LogP contribution < -0.4 is 5.32 Å². The fourth-order valence-corrected chi connectivity index (χ4v) is 3.81. The van der Waals surface area contributed by atoms with Gasteiger partial charge in [0.15, 0.2) is 5.78 Å². The number of amides is 3. The highest BCUT2D eigenvalue weighted by Crippen LogP contribution is 2.28. The molecule has 0 radical (unpaired) electrons. The van der Waals surface area contributed by atoms with Gasteiger partial charge in [-0.15, -0.1) is 0 Å². The van der Waals surface area contributed by atoms with E-state index in [1.807, 2.05) is 42.5 Å². The summed E-state index contributed by atoms with van der Waals surface area (Å²) in [6, 6.07) is 14.1. The van der Waals surface area contributed by atoms with Crippen molar-refractivity contribution in [3.63, 3.8) is 0 Å². The summed E-state index contributed by atoms with van der Waals surface area (Å²) < 4.78 is 0. The Morgan fingerprint density at radius 1 is 1.07 bits per heavy atom. The fourth-order valence-electron chi connectivity index (χ4n) is 3.81. The molecule has 0 aromatic heterocycles. The monoisotopic (exact) mass is 376 g/mol. The third-order valence-corrected chi connectivity index (χ3v) is 5.32. The van der Waals surface area contributed by atoms with Crippen molar-refractivity contribution in [3.05, 3.63) is 70.8 Å². The van der Waals surface area contributed by atoms with Crippen LogP contribution in [0.25, 0.3) is 0 Å². The van der Waals surface area contributed by atoms with Crippen molar-refractivity contribution in [1.29, 1.82) is 0 Å². The van der Waals surface area contributed by atoms with E-state index in [-0.39, 0.29) is 24.0 Å². The van der Waals surface area contributed by atoms with Gasteiger partial charge in [-0.1, -0.05) is 42.5 Å². The van der Waals surface area contributed by atoms with Crippen LogP contribution in [-0.4, -0.2) is 34.4 Å². The van der Waals surface area contributed by atoms with Gasteiger partial charge in [-0.2, -0.15) is 0 Å². The van der Waals surface area contributed by atoms with Gasteiger partial charge < -0.3 is 4.90 Å². The molecule has 3 amide bonds. The molecule has 1 saturated heterocycles. The van der Waals surface area contributed by atoms with E-state index in [1.165, 1.54) is 4.90 Å². The molecule has 0 aliphatic carbocycles. The Morgan fingerprint density at radius 3 is 2.61 bits per heavy atom. The van der Waals surface area contributed by atoms with Gasteiger partial charge in [0.25, 0.3) is 5.91 Å². The van der Waals surface area contributed by atoms with E-state index in [1.54, 1.807) is 6.07 Å². The average molecular weight is 376 g/mol. The Hall–Kier alpha value is -3.28. The molecule has 0 bridgehead atoms. The summed E-state index contributed by atoms with van der Waals surface area (Å²) in [6.45, 7) is 0.348. The summed E-state index contributed by atoms with van der Waals surface area (Å²) in [6.07, 6.45) is 1.58. The Balaban J connectivity index is 1.44. The van der Waals surface area contributed by atoms with E-state index in [2.05, 4.69) is 5.32 Å². The first-order valence-corrected chi connectivity index (χ1v) is 9.37. The highest BCUT2D eigenvalue weighted by molar-refractivity contribution is 6.05. The van der Waals surface area contributed by atoms with Gasteiger partial charge in [-0.3, -0.25) is 24.5 Å². The van der Waals surface area contributed by atoms with E-state index in [0.717, 1.165) is 11.1 Å². The second kappa shape index (κ2) is 7.38. The number of hydrogen-bond donors (Lipinski definition) is 1. The van der Waals surface area contributed by atoms with Gasteiger partial charge >= 0.3 is 0 Å². The number of nitrogens with zero attached hydrogens (tertiary/aromatic N) is 1. The Labute approximate surface area is 162 Å². The molecular weight excluding hydrogens is 356 g/mol. The minimum atomic E-state index is -0.610. The molecule has 142 valence electrons. The number of nitrogens with one attached hydrogen (secondary N) is 1. The number of hydrogen-bond acceptors (Lipinski definition) is 4. The molecule has 2 heterocycles. The molecule has 28 heavy (non-hydrogen) atoms. The lowest BCUT2D eigenvalue weighted by atomic mass is 10.00. The standard InChI is InChI=1S/C22H20N2O4/c25-19(15-4-2-1-3-5-15)10-7-14-6-8-17-16(12-14)13-24(22(17)28)18-9-11-20(26)23-21(18)27/h1-6,8,12,18H,7,9-11,13H2,(H,23,26,27). The maximum absolute atomic E-state index is 12.7. The molecule has 1 N–H and O–H groups in total. The van der Waals surface area contributed by atoms with Crippen molar-refractivity contribution >= 4 is 23.5 Å². The summed E-state index contributed by atoms with van der Waals surface area (Å²) >= 11 is 0. The van der Waals surface area contributed by atoms with Crippen molar-refractivity contribution in [2.75, 3.05) is 0 Å². The molecule has 2 aromatic rings. The smallest absolute Gasteiger partial charge is 0.255 e. The zero-order valence-corrected chi connectivity index (χ0v) is 15.3. The predicted molar refractivity (Wildman–Crippen MR) is 102 cm³/mol. The van der Waals surface area contributed by atoms with Gasteiger partial charge in [0.05, 0.1) is 0 Å². The lowest BCUT2D eigenvalue weighted by Gasteiger charge is -2.29. The average Bonchev–Trinajstić information content (AvgIpc) is 3.02. The highest BCUT2D eigenvalue weighted by Gasteiger charge is 2.38. The van der Waals surface area contributed by atoms with Gasteiger partial charge in [0.2, 0.25) is 11.8 Å². The SMILES string of the molecule is O=C1CCC(N2Cc3cc(CCC(=O)c4ccccc4)ccc3C2=O)C(=O)N1. The number of benzene rings is 2. The number of fused-ring (bicyclic) bond motifs is 1. The summed E-state index contributed by atoms with van der Waals surface area (Å²) in [5.41, 5.74) is 3.13. The second-order valence-corrected chi connectivity index (χ2v) is 7.18. The summed E-state index contributed by atoms with van der Waals surface area (Å²) in [4.78, 5) is 50.0. The number of piperidine rings is 1. The van der Waals surface area contributed by atoms with Crippen LogP contribution in [0.4, 0.5) is 0 Å².